The van der Waals surface area contributed by atoms with Crippen molar-refractivity contribution in [3.8, 4) is 0 Å². The van der Waals surface area contributed by atoms with Gasteiger partial charge in [-0.15, -0.1) is 0 Å². The summed E-state index contributed by atoms with van der Waals surface area (Å²) >= 11 is 5.87. The molecule has 2 heterocycles. The predicted molar refractivity (Wildman–Crippen MR) is 99.9 cm³/mol. The zero-order valence-electron chi connectivity index (χ0n) is 15.2. The van der Waals surface area contributed by atoms with Gasteiger partial charge in [-0.25, -0.2) is 18.6 Å². The highest BCUT2D eigenvalue weighted by molar-refractivity contribution is 6.31. The number of nitrogens with zero attached hydrogens (tertiary/aromatic N) is 4. The Labute approximate surface area is 162 Å². The fourth-order valence-electron chi connectivity index (χ4n) is 2.82. The van der Waals surface area contributed by atoms with Crippen LogP contribution in [0, 0.1) is 0 Å². The number of hydrogen-bond donors (Lipinski definition) is 1. The fourth-order valence-corrected chi connectivity index (χ4v) is 3.17. The molecule has 1 amide bonds. The van der Waals surface area contributed by atoms with Crippen LogP contribution >= 0.6 is 11.6 Å². The molecule has 11 heteroatoms. The summed E-state index contributed by atoms with van der Waals surface area (Å²) in [5.74, 6) is -3.63. The minimum absolute atomic E-state index is 0.0961. The van der Waals surface area contributed by atoms with Gasteiger partial charge in [-0.1, -0.05) is 11.6 Å². The maximum atomic E-state index is 13.4. The van der Waals surface area contributed by atoms with E-state index in [-0.39, 0.29) is 34.0 Å². The van der Waals surface area contributed by atoms with Crippen LogP contribution in [0.3, 0.4) is 0 Å². The SMILES string of the molecule is Cn1c(=O)c2c(ncn2CC(=O)Nc2ccc(C(C)(F)F)c(Cl)c2)n(C)c1=O. The molecule has 3 aromatic rings. The van der Waals surface area contributed by atoms with E-state index in [4.69, 9.17) is 11.6 Å². The fraction of sp³-hybridized carbons (Fsp3) is 0.294. The lowest BCUT2D eigenvalue weighted by Crippen LogP contribution is -2.37. The first-order valence-electron chi connectivity index (χ1n) is 8.09. The number of nitrogens with one attached hydrogen (secondary N) is 1. The molecule has 0 fully saturated rings. The zero-order chi connectivity index (χ0) is 20.8. The number of anilines is 1. The second-order valence-corrected chi connectivity index (χ2v) is 6.79. The molecule has 0 aliphatic heterocycles. The van der Waals surface area contributed by atoms with Crippen LogP contribution in [0.2, 0.25) is 5.02 Å². The van der Waals surface area contributed by atoms with Crippen molar-refractivity contribution < 1.29 is 13.6 Å². The number of carbonyl (C=O) groups excluding carboxylic acids is 1. The molecular formula is C17H16ClF2N5O3. The molecular weight excluding hydrogens is 396 g/mol. The highest BCUT2D eigenvalue weighted by atomic mass is 35.5. The minimum atomic E-state index is -3.11. The lowest BCUT2D eigenvalue weighted by molar-refractivity contribution is -0.116. The van der Waals surface area contributed by atoms with E-state index >= 15 is 0 Å². The van der Waals surface area contributed by atoms with E-state index in [9.17, 15) is 23.2 Å². The molecule has 0 saturated heterocycles. The molecule has 148 valence electrons. The Morgan fingerprint density at radius 3 is 2.54 bits per heavy atom. The van der Waals surface area contributed by atoms with Crippen LogP contribution in [0.25, 0.3) is 11.2 Å². The Kier molecular flexibility index (Phi) is 4.84. The molecule has 8 nitrogen and oxygen atoms in total. The Hall–Kier alpha value is -3.01. The van der Waals surface area contributed by atoms with Gasteiger partial charge in [-0.3, -0.25) is 18.7 Å². The van der Waals surface area contributed by atoms with Crippen molar-refractivity contribution in [2.45, 2.75) is 19.4 Å². The molecule has 0 bridgehead atoms. The molecule has 2 aromatic heterocycles. The third kappa shape index (κ3) is 3.42. The highest BCUT2D eigenvalue weighted by Gasteiger charge is 2.27. The van der Waals surface area contributed by atoms with E-state index in [1.807, 2.05) is 0 Å². The van der Waals surface area contributed by atoms with Gasteiger partial charge >= 0.3 is 5.69 Å². The third-order valence-corrected chi connectivity index (χ3v) is 4.57. The van der Waals surface area contributed by atoms with Gasteiger partial charge in [0, 0.05) is 32.3 Å². The number of halogens is 3. The summed E-state index contributed by atoms with van der Waals surface area (Å²) in [6.07, 6.45) is 1.28. The number of hydrogen-bond acceptors (Lipinski definition) is 4. The number of carbonyl (C=O) groups is 1. The van der Waals surface area contributed by atoms with Crippen LogP contribution < -0.4 is 16.6 Å². The van der Waals surface area contributed by atoms with E-state index in [0.717, 1.165) is 17.6 Å². The van der Waals surface area contributed by atoms with E-state index < -0.39 is 23.1 Å². The predicted octanol–water partition coefficient (Wildman–Crippen LogP) is 1.84. The normalized spacial score (nSPS) is 11.8. The first-order valence-corrected chi connectivity index (χ1v) is 8.47. The van der Waals surface area contributed by atoms with Gasteiger partial charge in [0.15, 0.2) is 11.2 Å². The van der Waals surface area contributed by atoms with E-state index in [2.05, 4.69) is 10.3 Å². The largest absolute Gasteiger partial charge is 0.332 e. The number of benzene rings is 1. The van der Waals surface area contributed by atoms with Crippen molar-refractivity contribution >= 4 is 34.4 Å². The van der Waals surface area contributed by atoms with Crippen LogP contribution in [-0.4, -0.2) is 24.6 Å². The molecule has 1 N–H and O–H groups in total. The van der Waals surface area contributed by atoms with Crippen molar-refractivity contribution in [2.24, 2.45) is 14.1 Å². The van der Waals surface area contributed by atoms with Crippen molar-refractivity contribution in [1.82, 2.24) is 18.7 Å². The van der Waals surface area contributed by atoms with Crippen molar-refractivity contribution in [1.29, 1.82) is 0 Å². The molecule has 0 unspecified atom stereocenters. The number of aromatic nitrogens is 4. The number of rotatable bonds is 4. The smallest absolute Gasteiger partial charge is 0.324 e. The number of alkyl halides is 2. The molecule has 0 radical (unpaired) electrons. The van der Waals surface area contributed by atoms with Gasteiger partial charge in [0.25, 0.3) is 11.5 Å². The van der Waals surface area contributed by atoms with Crippen LogP contribution in [0.1, 0.15) is 12.5 Å². The van der Waals surface area contributed by atoms with Gasteiger partial charge in [0.05, 0.1) is 11.3 Å². The molecule has 3 rings (SSSR count). The first kappa shape index (κ1) is 19.7. The molecule has 0 aliphatic rings. The van der Waals surface area contributed by atoms with Crippen LogP contribution in [0.5, 0.6) is 0 Å². The molecule has 0 aliphatic carbocycles. The number of imidazole rings is 1. The Morgan fingerprint density at radius 1 is 1.25 bits per heavy atom. The van der Waals surface area contributed by atoms with Gasteiger partial charge in [0.1, 0.15) is 6.54 Å². The summed E-state index contributed by atoms with van der Waals surface area (Å²) in [7, 11) is 2.79. The zero-order valence-corrected chi connectivity index (χ0v) is 15.9. The summed E-state index contributed by atoms with van der Waals surface area (Å²) in [4.78, 5) is 40.7. The van der Waals surface area contributed by atoms with Crippen LogP contribution in [0.15, 0.2) is 34.1 Å². The molecule has 0 spiro atoms. The maximum absolute atomic E-state index is 13.4. The highest BCUT2D eigenvalue weighted by Crippen LogP contribution is 2.34. The quantitative estimate of drug-likeness (QED) is 0.709. The summed E-state index contributed by atoms with van der Waals surface area (Å²) < 4.78 is 30.2. The average Bonchev–Trinajstić information content (AvgIpc) is 3.00. The standard InChI is InChI=1S/C17H16ClF2N5O3/c1-17(19,20)10-5-4-9(6-11(10)18)22-12(26)7-25-8-21-14-13(25)15(27)24(3)16(28)23(14)2/h4-6,8H,7H2,1-3H3,(H,22,26). The summed E-state index contributed by atoms with van der Waals surface area (Å²) in [6, 6.07) is 3.67. The number of aryl methyl sites for hydroxylation is 1. The Balaban J connectivity index is 1.88. The van der Waals surface area contributed by atoms with Crippen LogP contribution in [-0.2, 0) is 31.4 Å². The Bertz CT molecular complexity index is 1210. The summed E-state index contributed by atoms with van der Waals surface area (Å²) in [5, 5.41) is 2.35. The van der Waals surface area contributed by atoms with E-state index in [0.29, 0.717) is 0 Å². The first-order chi connectivity index (χ1) is 13.0. The average molecular weight is 412 g/mol. The maximum Gasteiger partial charge on any atom is 0.332 e. The lowest BCUT2D eigenvalue weighted by atomic mass is 10.1. The second-order valence-electron chi connectivity index (χ2n) is 6.38. The van der Waals surface area contributed by atoms with Gasteiger partial charge in [-0.2, -0.15) is 0 Å². The Morgan fingerprint density at radius 2 is 1.93 bits per heavy atom. The lowest BCUT2D eigenvalue weighted by Gasteiger charge is -2.14. The molecule has 0 saturated carbocycles. The van der Waals surface area contributed by atoms with Gasteiger partial charge in [-0.05, 0) is 18.2 Å². The monoisotopic (exact) mass is 411 g/mol. The van der Waals surface area contributed by atoms with Crippen molar-refractivity contribution in [3.05, 3.63) is 56.0 Å². The number of amides is 1. The number of fused-ring (bicyclic) bond motifs is 1. The van der Waals surface area contributed by atoms with Gasteiger partial charge < -0.3 is 9.88 Å². The second kappa shape index (κ2) is 6.86. The van der Waals surface area contributed by atoms with Crippen LogP contribution in [0.4, 0.5) is 14.5 Å². The minimum Gasteiger partial charge on any atom is -0.324 e. The van der Waals surface area contributed by atoms with Gasteiger partial charge in [0.2, 0.25) is 5.91 Å². The van der Waals surface area contributed by atoms with Crippen molar-refractivity contribution in [3.63, 3.8) is 0 Å². The van der Waals surface area contributed by atoms with E-state index in [1.165, 1.54) is 41.7 Å². The molecule has 1 aromatic carbocycles. The van der Waals surface area contributed by atoms with E-state index in [1.54, 1.807) is 0 Å². The van der Waals surface area contributed by atoms with Crippen molar-refractivity contribution in [2.75, 3.05) is 5.32 Å². The summed E-state index contributed by atoms with van der Waals surface area (Å²) in [6.45, 7) is 0.456. The molecule has 0 atom stereocenters. The third-order valence-electron chi connectivity index (χ3n) is 4.26. The topological polar surface area (TPSA) is 90.9 Å². The summed E-state index contributed by atoms with van der Waals surface area (Å²) in [5.41, 5.74) is -0.988. The molecule has 28 heavy (non-hydrogen) atoms.